The van der Waals surface area contributed by atoms with Crippen LogP contribution in [0.3, 0.4) is 0 Å². The van der Waals surface area contributed by atoms with Crippen LogP contribution in [0.1, 0.15) is 22.8 Å². The monoisotopic (exact) mass is 336 g/mol. The van der Waals surface area contributed by atoms with Gasteiger partial charge in [-0.15, -0.1) is 0 Å². The molecule has 20 heavy (non-hydrogen) atoms. The van der Waals surface area contributed by atoms with Gasteiger partial charge in [-0.05, 0) is 46.6 Å². The SMILES string of the molecule is CCOc1ccccc1C(=O)Cc1cccc(F)c1Br. The maximum absolute atomic E-state index is 13.4. The molecule has 0 N–H and O–H groups in total. The predicted octanol–water partition coefficient (Wildman–Crippen LogP) is 4.41. The van der Waals surface area contributed by atoms with Gasteiger partial charge in [-0.25, -0.2) is 4.39 Å². The topological polar surface area (TPSA) is 26.3 Å². The molecule has 0 saturated carbocycles. The van der Waals surface area contributed by atoms with Crippen LogP contribution in [0.25, 0.3) is 0 Å². The lowest BCUT2D eigenvalue weighted by molar-refractivity contribution is 0.0989. The Morgan fingerprint density at radius 3 is 2.70 bits per heavy atom. The Bertz CT molecular complexity index is 626. The predicted molar refractivity (Wildman–Crippen MR) is 79.7 cm³/mol. The van der Waals surface area contributed by atoms with Crippen molar-refractivity contribution in [1.29, 1.82) is 0 Å². The molecule has 2 aromatic carbocycles. The Labute approximate surface area is 125 Å². The molecule has 0 fully saturated rings. The average Bonchev–Trinajstić information content (AvgIpc) is 2.45. The molecule has 0 aliphatic heterocycles. The Morgan fingerprint density at radius 1 is 1.20 bits per heavy atom. The molecule has 0 radical (unpaired) electrons. The van der Waals surface area contributed by atoms with E-state index in [9.17, 15) is 9.18 Å². The summed E-state index contributed by atoms with van der Waals surface area (Å²) in [5, 5.41) is 0. The van der Waals surface area contributed by atoms with E-state index in [4.69, 9.17) is 4.74 Å². The quantitative estimate of drug-likeness (QED) is 0.756. The second-order valence-electron chi connectivity index (χ2n) is 4.24. The minimum atomic E-state index is -0.367. The first-order valence-corrected chi connectivity index (χ1v) is 7.10. The highest BCUT2D eigenvalue weighted by atomic mass is 79.9. The van der Waals surface area contributed by atoms with Crippen LogP contribution in [0.15, 0.2) is 46.9 Å². The summed E-state index contributed by atoms with van der Waals surface area (Å²) in [4.78, 5) is 12.3. The van der Waals surface area contributed by atoms with Crippen LogP contribution >= 0.6 is 15.9 Å². The van der Waals surface area contributed by atoms with Gasteiger partial charge in [0.2, 0.25) is 0 Å². The lowest BCUT2D eigenvalue weighted by Crippen LogP contribution is -2.07. The van der Waals surface area contributed by atoms with Crippen LogP contribution in [-0.2, 0) is 6.42 Å². The van der Waals surface area contributed by atoms with Crippen LogP contribution < -0.4 is 4.74 Å². The molecule has 2 rings (SSSR count). The molecule has 0 atom stereocenters. The number of para-hydroxylation sites is 1. The van der Waals surface area contributed by atoms with Gasteiger partial charge < -0.3 is 4.74 Å². The second kappa shape index (κ2) is 6.66. The molecule has 0 spiro atoms. The van der Waals surface area contributed by atoms with Gasteiger partial charge in [0.25, 0.3) is 0 Å². The number of carbonyl (C=O) groups is 1. The maximum Gasteiger partial charge on any atom is 0.170 e. The van der Waals surface area contributed by atoms with Crippen molar-refractivity contribution in [3.05, 3.63) is 63.9 Å². The summed E-state index contributed by atoms with van der Waals surface area (Å²) >= 11 is 3.17. The Balaban J connectivity index is 2.26. The highest BCUT2D eigenvalue weighted by Crippen LogP contribution is 2.24. The number of hydrogen-bond acceptors (Lipinski definition) is 2. The van der Waals surface area contributed by atoms with Crippen LogP contribution in [0.5, 0.6) is 5.75 Å². The van der Waals surface area contributed by atoms with Gasteiger partial charge in [0.1, 0.15) is 11.6 Å². The third kappa shape index (κ3) is 3.25. The van der Waals surface area contributed by atoms with Crippen molar-refractivity contribution in [1.82, 2.24) is 0 Å². The number of hydrogen-bond donors (Lipinski definition) is 0. The van der Waals surface area contributed by atoms with Gasteiger partial charge in [-0.1, -0.05) is 24.3 Å². The molecular formula is C16H14BrFO2. The molecule has 2 nitrogen and oxygen atoms in total. The zero-order valence-electron chi connectivity index (χ0n) is 11.0. The first kappa shape index (κ1) is 14.7. The van der Waals surface area contributed by atoms with E-state index in [1.54, 1.807) is 30.3 Å². The fourth-order valence-electron chi connectivity index (χ4n) is 1.93. The van der Waals surface area contributed by atoms with Crippen molar-refractivity contribution >= 4 is 21.7 Å². The summed E-state index contributed by atoms with van der Waals surface area (Å²) in [6.45, 7) is 2.36. The summed E-state index contributed by atoms with van der Waals surface area (Å²) in [6.07, 6.45) is 0.127. The number of rotatable bonds is 5. The van der Waals surface area contributed by atoms with Crippen molar-refractivity contribution < 1.29 is 13.9 Å². The fourth-order valence-corrected chi connectivity index (χ4v) is 2.34. The van der Waals surface area contributed by atoms with Gasteiger partial charge in [-0.3, -0.25) is 4.79 Å². The number of benzene rings is 2. The smallest absolute Gasteiger partial charge is 0.170 e. The van der Waals surface area contributed by atoms with Gasteiger partial charge in [-0.2, -0.15) is 0 Å². The van der Waals surface area contributed by atoms with Crippen molar-refractivity contribution in [3.8, 4) is 5.75 Å². The molecule has 4 heteroatoms. The zero-order chi connectivity index (χ0) is 14.5. The van der Waals surface area contributed by atoms with Gasteiger partial charge in [0.05, 0.1) is 16.6 Å². The van der Waals surface area contributed by atoms with E-state index < -0.39 is 0 Å². The second-order valence-corrected chi connectivity index (χ2v) is 5.04. The number of ketones is 1. The van der Waals surface area contributed by atoms with E-state index in [2.05, 4.69) is 15.9 Å². The number of ether oxygens (including phenoxy) is 1. The lowest BCUT2D eigenvalue weighted by Gasteiger charge is -2.10. The molecule has 0 unspecified atom stereocenters. The van der Waals surface area contributed by atoms with E-state index >= 15 is 0 Å². The van der Waals surface area contributed by atoms with Gasteiger partial charge >= 0.3 is 0 Å². The van der Waals surface area contributed by atoms with Gasteiger partial charge in [0.15, 0.2) is 5.78 Å². The van der Waals surface area contributed by atoms with E-state index in [1.165, 1.54) is 6.07 Å². The number of carbonyl (C=O) groups excluding carboxylic acids is 1. The van der Waals surface area contributed by atoms with E-state index in [-0.39, 0.29) is 18.0 Å². The molecule has 2 aromatic rings. The molecule has 0 saturated heterocycles. The molecule has 0 bridgehead atoms. The van der Waals surface area contributed by atoms with Gasteiger partial charge in [0, 0.05) is 6.42 Å². The normalized spacial score (nSPS) is 10.3. The Kier molecular flexibility index (Phi) is 4.90. The molecule has 0 aliphatic rings. The summed E-state index contributed by atoms with van der Waals surface area (Å²) < 4.78 is 19.2. The fraction of sp³-hybridized carbons (Fsp3) is 0.188. The van der Waals surface area contributed by atoms with Crippen LogP contribution in [0.4, 0.5) is 4.39 Å². The van der Waals surface area contributed by atoms with Crippen molar-refractivity contribution in [3.63, 3.8) is 0 Å². The minimum absolute atomic E-state index is 0.0969. The standard InChI is InChI=1S/C16H14BrFO2/c1-2-20-15-9-4-3-7-12(15)14(19)10-11-6-5-8-13(18)16(11)17/h3-9H,2,10H2,1H3. The summed E-state index contributed by atoms with van der Waals surface area (Å²) in [7, 11) is 0. The zero-order valence-corrected chi connectivity index (χ0v) is 12.6. The minimum Gasteiger partial charge on any atom is -0.493 e. The molecule has 104 valence electrons. The van der Waals surface area contributed by atoms with E-state index in [0.717, 1.165) is 0 Å². The van der Waals surface area contributed by atoms with E-state index in [0.29, 0.717) is 28.0 Å². The third-order valence-electron chi connectivity index (χ3n) is 2.87. The first-order chi connectivity index (χ1) is 9.63. The number of halogens is 2. The van der Waals surface area contributed by atoms with Crippen molar-refractivity contribution in [2.24, 2.45) is 0 Å². The van der Waals surface area contributed by atoms with E-state index in [1.807, 2.05) is 13.0 Å². The molecule has 0 amide bonds. The average molecular weight is 337 g/mol. The molecular weight excluding hydrogens is 323 g/mol. The van der Waals surface area contributed by atoms with Crippen molar-refractivity contribution in [2.75, 3.05) is 6.61 Å². The summed E-state index contributed by atoms with van der Waals surface area (Å²) in [5.41, 5.74) is 1.15. The van der Waals surface area contributed by atoms with Crippen LogP contribution in [0, 0.1) is 5.82 Å². The first-order valence-electron chi connectivity index (χ1n) is 6.31. The Hall–Kier alpha value is -1.68. The van der Waals surface area contributed by atoms with Crippen molar-refractivity contribution in [2.45, 2.75) is 13.3 Å². The third-order valence-corrected chi connectivity index (χ3v) is 3.76. The molecule has 0 aromatic heterocycles. The number of Topliss-reactive ketones (excluding diaryl/α,β-unsaturated/α-hetero) is 1. The summed E-state index contributed by atoms with van der Waals surface area (Å²) in [5.74, 6) is 0.0984. The highest BCUT2D eigenvalue weighted by molar-refractivity contribution is 9.10. The highest BCUT2D eigenvalue weighted by Gasteiger charge is 2.15. The largest absolute Gasteiger partial charge is 0.493 e. The van der Waals surface area contributed by atoms with Crippen LogP contribution in [0.2, 0.25) is 0 Å². The molecule has 0 heterocycles. The van der Waals surface area contributed by atoms with Crippen LogP contribution in [-0.4, -0.2) is 12.4 Å². The molecule has 0 aliphatic carbocycles. The lowest BCUT2D eigenvalue weighted by atomic mass is 10.0. The maximum atomic E-state index is 13.4. The Morgan fingerprint density at radius 2 is 1.95 bits per heavy atom. The summed E-state index contributed by atoms with van der Waals surface area (Å²) in [6, 6.07) is 11.8.